The second-order valence-electron chi connectivity index (χ2n) is 5.72. The third-order valence-corrected chi connectivity index (χ3v) is 3.86. The summed E-state index contributed by atoms with van der Waals surface area (Å²) in [7, 11) is 0. The predicted octanol–water partition coefficient (Wildman–Crippen LogP) is 3.08. The van der Waals surface area contributed by atoms with Gasteiger partial charge < -0.3 is 11.1 Å². The molecule has 5 heteroatoms. The Morgan fingerprint density at radius 1 is 1.23 bits per heavy atom. The molecule has 4 nitrogen and oxygen atoms in total. The van der Waals surface area contributed by atoms with Gasteiger partial charge >= 0.3 is 0 Å². The fourth-order valence-corrected chi connectivity index (χ4v) is 2.01. The summed E-state index contributed by atoms with van der Waals surface area (Å²) in [5.74, 6) is -0.464. The van der Waals surface area contributed by atoms with Crippen molar-refractivity contribution in [2.45, 2.75) is 52.6 Å². The average Bonchev–Trinajstić information content (AvgIpc) is 2.46. The van der Waals surface area contributed by atoms with Crippen LogP contribution in [0, 0.1) is 56.9 Å². The van der Waals surface area contributed by atoms with Gasteiger partial charge in [-0.2, -0.15) is 0 Å². The zero-order chi connectivity index (χ0) is 16.0. The summed E-state index contributed by atoms with van der Waals surface area (Å²) in [6, 6.07) is 6.52. The minimum atomic E-state index is -0.824. The summed E-state index contributed by atoms with van der Waals surface area (Å²) in [6.45, 7) is 7.31. The molecule has 22 heavy (non-hydrogen) atoms. The molecule has 0 bridgehead atoms. The molecule has 1 amide bonds. The molecule has 0 unspecified atom stereocenters. The molecule has 1 aromatic carbocycles. The first-order valence-electron chi connectivity index (χ1n) is 7.42. The Bertz CT molecular complexity index is 488. The van der Waals surface area contributed by atoms with E-state index in [9.17, 15) is 9.59 Å². The van der Waals surface area contributed by atoms with Crippen molar-refractivity contribution in [2.24, 2.45) is 5.92 Å². The van der Waals surface area contributed by atoms with Crippen LogP contribution in [0.15, 0.2) is 24.3 Å². The van der Waals surface area contributed by atoms with Crippen LogP contribution in [0.5, 0.6) is 0 Å². The number of nitrogens with one attached hydrogen (secondary N) is 2. The van der Waals surface area contributed by atoms with Crippen LogP contribution >= 0.6 is 0 Å². The van der Waals surface area contributed by atoms with Crippen molar-refractivity contribution in [3.05, 3.63) is 41.1 Å². The van der Waals surface area contributed by atoms with Gasteiger partial charge in [-0.25, -0.2) is 0 Å². The zero-order valence-corrected chi connectivity index (χ0v) is 18.6. The van der Waals surface area contributed by atoms with E-state index in [4.69, 9.17) is 5.73 Å². The molecule has 1 aromatic rings. The van der Waals surface area contributed by atoms with Gasteiger partial charge in [0.25, 0.3) is 0 Å². The van der Waals surface area contributed by atoms with Crippen molar-refractivity contribution in [1.29, 1.82) is 0 Å². The van der Waals surface area contributed by atoms with E-state index >= 15 is 0 Å². The van der Waals surface area contributed by atoms with Crippen molar-refractivity contribution in [3.63, 3.8) is 0 Å². The number of Topliss-reactive ketones (excluding diaryl/α,β-unsaturated/α-hetero) is 1. The fourth-order valence-electron chi connectivity index (χ4n) is 2.01. The van der Waals surface area contributed by atoms with Crippen LogP contribution < -0.4 is 5.32 Å². The maximum atomic E-state index is 12.1. The van der Waals surface area contributed by atoms with Crippen LogP contribution in [-0.2, 0) is 16.0 Å². The van der Waals surface area contributed by atoms with E-state index in [0.29, 0.717) is 6.42 Å². The Morgan fingerprint density at radius 3 is 2.23 bits per heavy atom. The topological polar surface area (TPSA) is 70.0 Å². The minimum absolute atomic E-state index is 0. The SMILES string of the molecule is CC[C@@H](C)[C@H]([NH-])C(=O)N[C@@H](Cc1ccc(C)cc1)C(C)=O.[Ac]. The first kappa shape index (κ1) is 21.8. The Hall–Kier alpha value is -0.238. The standard InChI is InChI=1S/C17H25N2O2.Ac/c1-5-12(3)16(18)17(21)19-15(13(4)20)10-14-8-6-11(2)7-9-14;/h6-9,12,15-16,18H,5,10H2,1-4H3,(H,19,21);/q-1;/t12-,15+,16+;/m1./s1. The molecule has 2 N–H and O–H groups in total. The van der Waals surface area contributed by atoms with Gasteiger partial charge in [-0.15, -0.1) is 0 Å². The van der Waals surface area contributed by atoms with Crippen LogP contribution in [0.25, 0.3) is 5.73 Å². The number of hydrogen-bond donors (Lipinski definition) is 1. The van der Waals surface area contributed by atoms with Gasteiger partial charge in [0.15, 0.2) is 5.78 Å². The van der Waals surface area contributed by atoms with Gasteiger partial charge in [0.1, 0.15) is 0 Å². The number of ketones is 1. The van der Waals surface area contributed by atoms with Crippen LogP contribution in [0.1, 0.15) is 38.3 Å². The van der Waals surface area contributed by atoms with Gasteiger partial charge in [-0.3, -0.25) is 9.59 Å². The van der Waals surface area contributed by atoms with Crippen LogP contribution in [0.3, 0.4) is 0 Å². The van der Waals surface area contributed by atoms with E-state index in [2.05, 4.69) is 5.32 Å². The molecule has 0 aliphatic carbocycles. The molecule has 0 aromatic heterocycles. The van der Waals surface area contributed by atoms with Crippen molar-refractivity contribution in [2.75, 3.05) is 0 Å². The minimum Gasteiger partial charge on any atom is -0.667 e. The van der Waals surface area contributed by atoms with Crippen LogP contribution in [-0.4, -0.2) is 23.8 Å². The second kappa shape index (κ2) is 10.5. The van der Waals surface area contributed by atoms with Crippen molar-refractivity contribution >= 4 is 11.7 Å². The van der Waals surface area contributed by atoms with Gasteiger partial charge in [0, 0.05) is 44.1 Å². The second-order valence-corrected chi connectivity index (χ2v) is 5.72. The molecule has 0 saturated heterocycles. The summed E-state index contributed by atoms with van der Waals surface area (Å²) in [5, 5.41) is 2.72. The zero-order valence-electron chi connectivity index (χ0n) is 13.8. The molecule has 0 heterocycles. The number of rotatable bonds is 7. The quantitative estimate of drug-likeness (QED) is 0.606. The maximum Gasteiger partial charge on any atom is 0.203 e. The molecular weight excluding hydrogens is 491 g/mol. The first-order chi connectivity index (χ1) is 9.85. The molecule has 0 spiro atoms. The molecule has 0 fully saturated rings. The van der Waals surface area contributed by atoms with Gasteiger partial charge in [0.2, 0.25) is 5.91 Å². The largest absolute Gasteiger partial charge is 0.667 e. The third kappa shape index (κ3) is 6.90. The van der Waals surface area contributed by atoms with Gasteiger partial charge in [-0.1, -0.05) is 62.1 Å². The summed E-state index contributed by atoms with van der Waals surface area (Å²) in [4.78, 5) is 23.8. The Morgan fingerprint density at radius 2 is 1.77 bits per heavy atom. The van der Waals surface area contributed by atoms with Crippen molar-refractivity contribution in [1.82, 2.24) is 5.32 Å². The number of aryl methyl sites for hydroxylation is 1. The number of amides is 1. The van der Waals surface area contributed by atoms with E-state index in [-0.39, 0.29) is 61.7 Å². The third-order valence-electron chi connectivity index (χ3n) is 3.86. The number of carbonyl (C=O) groups is 2. The van der Waals surface area contributed by atoms with Gasteiger partial charge in [-0.05, 0) is 25.8 Å². The number of hydrogen-bond acceptors (Lipinski definition) is 2. The average molecular weight is 516 g/mol. The summed E-state index contributed by atoms with van der Waals surface area (Å²) < 4.78 is 0. The van der Waals surface area contributed by atoms with Crippen molar-refractivity contribution < 1.29 is 53.7 Å². The molecule has 0 aliphatic heterocycles. The molecule has 0 aliphatic rings. The molecule has 3 atom stereocenters. The summed E-state index contributed by atoms with van der Waals surface area (Å²) in [5.41, 5.74) is 10.1. The van der Waals surface area contributed by atoms with E-state index in [1.165, 1.54) is 6.92 Å². The maximum absolute atomic E-state index is 12.1. The van der Waals surface area contributed by atoms with E-state index in [0.717, 1.165) is 17.5 Å². The first-order valence-corrected chi connectivity index (χ1v) is 7.42. The summed E-state index contributed by atoms with van der Waals surface area (Å²) in [6.07, 6.45) is 1.23. The Balaban J connectivity index is 0.00000441. The summed E-state index contributed by atoms with van der Waals surface area (Å²) >= 11 is 0. The predicted molar refractivity (Wildman–Crippen MR) is 85.1 cm³/mol. The molecular formula is C17H25AcN2O2-. The smallest absolute Gasteiger partial charge is 0.203 e. The van der Waals surface area contributed by atoms with E-state index < -0.39 is 12.1 Å². The number of carbonyl (C=O) groups excluding carboxylic acids is 2. The molecule has 1 rings (SSSR count). The fraction of sp³-hybridized carbons (Fsp3) is 0.529. The molecule has 1 radical (unpaired) electrons. The van der Waals surface area contributed by atoms with Crippen molar-refractivity contribution in [3.8, 4) is 0 Å². The normalized spacial score (nSPS) is 14.4. The molecule has 0 saturated carbocycles. The van der Waals surface area contributed by atoms with E-state index in [1.807, 2.05) is 45.0 Å². The monoisotopic (exact) mass is 516 g/mol. The molecule has 119 valence electrons. The van der Waals surface area contributed by atoms with Gasteiger partial charge in [0.05, 0.1) is 6.04 Å². The van der Waals surface area contributed by atoms with Crippen LogP contribution in [0.2, 0.25) is 0 Å². The Labute approximate surface area is 169 Å². The number of benzene rings is 1. The van der Waals surface area contributed by atoms with E-state index in [1.54, 1.807) is 0 Å². The van der Waals surface area contributed by atoms with Crippen LogP contribution in [0.4, 0.5) is 0 Å². The Kier molecular flexibility index (Phi) is 10.4.